The molecule has 1 aliphatic carbocycles. The quantitative estimate of drug-likeness (QED) is 0.719. The second kappa shape index (κ2) is 7.44. The summed E-state index contributed by atoms with van der Waals surface area (Å²) in [5.41, 5.74) is 4.99. The van der Waals surface area contributed by atoms with E-state index in [1.165, 1.54) is 30.2 Å². The minimum atomic E-state index is -1.10. The topological polar surface area (TPSA) is 102 Å². The highest BCUT2D eigenvalue weighted by Crippen LogP contribution is 2.66. The molecular weight excluding hydrogens is 436 g/mol. The van der Waals surface area contributed by atoms with Gasteiger partial charge in [-0.05, 0) is 19.4 Å². The van der Waals surface area contributed by atoms with Gasteiger partial charge in [-0.15, -0.1) is 0 Å². The average Bonchev–Trinajstić information content (AvgIpc) is 3.40. The SMILES string of the molecule is COC[C@]12C[C@H]1[C@](C)(c1cc(NC(=O)c3cnc(Cl)cn3)cc(F)c1F)N=C(N)S2. The Balaban J connectivity index is 1.69. The van der Waals surface area contributed by atoms with Crippen LogP contribution in [0.2, 0.25) is 5.15 Å². The van der Waals surface area contributed by atoms with Gasteiger partial charge in [-0.25, -0.2) is 18.7 Å². The van der Waals surface area contributed by atoms with Gasteiger partial charge in [0, 0.05) is 30.3 Å². The molecule has 2 heterocycles. The Kier molecular flexibility index (Phi) is 5.19. The number of fused-ring (bicyclic) bond motifs is 1. The van der Waals surface area contributed by atoms with Crippen LogP contribution in [0, 0.1) is 17.6 Å². The molecule has 1 aromatic heterocycles. The molecule has 4 rings (SSSR count). The van der Waals surface area contributed by atoms with Gasteiger partial charge in [-0.3, -0.25) is 9.79 Å². The number of carbonyl (C=O) groups excluding carboxylic acids is 1. The van der Waals surface area contributed by atoms with Crippen LogP contribution in [-0.2, 0) is 10.3 Å². The minimum Gasteiger partial charge on any atom is -0.383 e. The normalized spacial score (nSPS) is 27.2. The molecular formula is C19H18ClF2N5O2S. The van der Waals surface area contributed by atoms with Crippen molar-refractivity contribution in [3.63, 3.8) is 0 Å². The highest BCUT2D eigenvalue weighted by molar-refractivity contribution is 8.15. The van der Waals surface area contributed by atoms with E-state index in [0.29, 0.717) is 13.0 Å². The van der Waals surface area contributed by atoms with E-state index in [1.54, 1.807) is 14.0 Å². The maximum Gasteiger partial charge on any atom is 0.275 e. The number of anilines is 1. The Hall–Kier alpha value is -2.30. The van der Waals surface area contributed by atoms with Crippen molar-refractivity contribution in [3.05, 3.63) is 52.6 Å². The molecule has 3 N–H and O–H groups in total. The van der Waals surface area contributed by atoms with Gasteiger partial charge >= 0.3 is 0 Å². The third-order valence-electron chi connectivity index (χ3n) is 5.43. The van der Waals surface area contributed by atoms with Crippen molar-refractivity contribution in [3.8, 4) is 0 Å². The van der Waals surface area contributed by atoms with E-state index in [1.807, 2.05) is 0 Å². The zero-order valence-corrected chi connectivity index (χ0v) is 17.7. The number of rotatable bonds is 5. The van der Waals surface area contributed by atoms with Gasteiger partial charge in [-0.1, -0.05) is 23.4 Å². The fraction of sp³-hybridized carbons (Fsp3) is 0.368. The molecule has 1 aliphatic heterocycles. The molecule has 11 heteroatoms. The molecule has 0 radical (unpaired) electrons. The van der Waals surface area contributed by atoms with Crippen molar-refractivity contribution in [1.29, 1.82) is 0 Å². The number of thioether (sulfide) groups is 1. The second-order valence-corrected chi connectivity index (χ2v) is 9.27. The molecule has 158 valence electrons. The van der Waals surface area contributed by atoms with Crippen molar-refractivity contribution in [2.75, 3.05) is 19.0 Å². The summed E-state index contributed by atoms with van der Waals surface area (Å²) in [6.07, 6.45) is 3.10. The van der Waals surface area contributed by atoms with E-state index in [0.717, 1.165) is 6.07 Å². The van der Waals surface area contributed by atoms with E-state index < -0.39 is 23.1 Å². The number of amides is 1. The highest BCUT2D eigenvalue weighted by atomic mass is 35.5. The molecule has 0 bridgehead atoms. The molecule has 0 saturated heterocycles. The molecule has 0 spiro atoms. The van der Waals surface area contributed by atoms with Gasteiger partial charge in [-0.2, -0.15) is 0 Å². The number of amidine groups is 1. The number of hydrogen-bond acceptors (Lipinski definition) is 7. The number of aromatic nitrogens is 2. The molecule has 1 aromatic carbocycles. The molecule has 0 unspecified atom stereocenters. The van der Waals surface area contributed by atoms with Crippen LogP contribution in [-0.4, -0.2) is 39.5 Å². The number of methoxy groups -OCH3 is 1. The van der Waals surface area contributed by atoms with Gasteiger partial charge in [0.2, 0.25) is 0 Å². The summed E-state index contributed by atoms with van der Waals surface area (Å²) in [5.74, 6) is -2.85. The summed E-state index contributed by atoms with van der Waals surface area (Å²) in [6, 6.07) is 2.28. The fourth-order valence-electron chi connectivity index (χ4n) is 3.98. The summed E-state index contributed by atoms with van der Waals surface area (Å²) in [5, 5.41) is 2.93. The molecule has 7 nitrogen and oxygen atoms in total. The Morgan fingerprint density at radius 3 is 2.83 bits per heavy atom. The van der Waals surface area contributed by atoms with Gasteiger partial charge in [0.15, 0.2) is 16.8 Å². The Labute approximate surface area is 180 Å². The smallest absolute Gasteiger partial charge is 0.275 e. The van der Waals surface area contributed by atoms with Crippen LogP contribution in [0.1, 0.15) is 29.4 Å². The average molecular weight is 454 g/mol. The first-order valence-electron chi connectivity index (χ1n) is 9.00. The Bertz CT molecular complexity index is 1050. The highest BCUT2D eigenvalue weighted by Gasteiger charge is 2.66. The monoisotopic (exact) mass is 453 g/mol. The number of halogens is 3. The Morgan fingerprint density at radius 2 is 2.17 bits per heavy atom. The molecule has 1 fully saturated rings. The number of aliphatic imine (C=N–C) groups is 1. The maximum atomic E-state index is 14.9. The van der Waals surface area contributed by atoms with E-state index >= 15 is 0 Å². The zero-order chi connectivity index (χ0) is 21.7. The summed E-state index contributed by atoms with van der Waals surface area (Å²) in [6.45, 7) is 2.14. The lowest BCUT2D eigenvalue weighted by Gasteiger charge is -2.34. The van der Waals surface area contributed by atoms with E-state index in [9.17, 15) is 13.6 Å². The third-order valence-corrected chi connectivity index (χ3v) is 6.90. The van der Waals surface area contributed by atoms with Crippen LogP contribution in [0.5, 0.6) is 0 Å². The van der Waals surface area contributed by atoms with Crippen LogP contribution in [0.25, 0.3) is 0 Å². The number of nitrogens with zero attached hydrogens (tertiary/aromatic N) is 3. The molecule has 2 aromatic rings. The standard InChI is InChI=1S/C19H18ClF2N5O2S/c1-18(13-5-19(13,8-29-2)30-17(23)27-18)10-3-9(4-11(21)15(10)22)26-16(28)12-6-25-14(20)7-24-12/h3-4,6-7,13H,5,8H2,1-2H3,(H2,23,27)(H,26,28)/t13-,18-,19+/m0/s1. The number of benzene rings is 1. The molecule has 30 heavy (non-hydrogen) atoms. The first-order chi connectivity index (χ1) is 14.2. The zero-order valence-electron chi connectivity index (χ0n) is 16.1. The summed E-state index contributed by atoms with van der Waals surface area (Å²) < 4.78 is 34.3. The number of nitrogens with two attached hydrogens (primary N) is 1. The molecule has 1 amide bonds. The first-order valence-corrected chi connectivity index (χ1v) is 10.2. The lowest BCUT2D eigenvalue weighted by Crippen LogP contribution is -2.38. The van der Waals surface area contributed by atoms with Crippen LogP contribution >= 0.6 is 23.4 Å². The van der Waals surface area contributed by atoms with Crippen molar-refractivity contribution >= 4 is 40.1 Å². The van der Waals surface area contributed by atoms with Gasteiger partial charge < -0.3 is 15.8 Å². The summed E-state index contributed by atoms with van der Waals surface area (Å²) >= 11 is 7.07. The van der Waals surface area contributed by atoms with Crippen LogP contribution in [0.15, 0.2) is 29.5 Å². The van der Waals surface area contributed by atoms with Crippen LogP contribution in [0.3, 0.4) is 0 Å². The fourth-order valence-corrected chi connectivity index (χ4v) is 5.53. The second-order valence-electron chi connectivity index (χ2n) is 7.45. The van der Waals surface area contributed by atoms with Crippen molar-refractivity contribution in [2.24, 2.45) is 16.6 Å². The number of carbonyl (C=O) groups is 1. The summed E-state index contributed by atoms with van der Waals surface area (Å²) in [7, 11) is 1.58. The van der Waals surface area contributed by atoms with Gasteiger partial charge in [0.1, 0.15) is 10.8 Å². The predicted molar refractivity (Wildman–Crippen MR) is 111 cm³/mol. The van der Waals surface area contributed by atoms with Crippen LogP contribution < -0.4 is 11.1 Å². The minimum absolute atomic E-state index is 0.0190. The number of ether oxygens (including phenoxy) is 1. The van der Waals surface area contributed by atoms with Gasteiger partial charge in [0.25, 0.3) is 5.91 Å². The van der Waals surface area contributed by atoms with Crippen molar-refractivity contribution in [2.45, 2.75) is 23.6 Å². The van der Waals surface area contributed by atoms with Crippen LogP contribution in [0.4, 0.5) is 14.5 Å². The maximum absolute atomic E-state index is 14.9. The Morgan fingerprint density at radius 1 is 1.40 bits per heavy atom. The summed E-state index contributed by atoms with van der Waals surface area (Å²) in [4.78, 5) is 24.5. The number of hydrogen-bond donors (Lipinski definition) is 2. The van der Waals surface area contributed by atoms with E-state index in [4.69, 9.17) is 22.1 Å². The largest absolute Gasteiger partial charge is 0.383 e. The molecule has 1 saturated carbocycles. The molecule has 3 atom stereocenters. The van der Waals surface area contributed by atoms with E-state index in [-0.39, 0.29) is 37.9 Å². The van der Waals surface area contributed by atoms with Gasteiger partial charge in [0.05, 0.1) is 29.3 Å². The third kappa shape index (κ3) is 3.52. The molecule has 2 aliphatic rings. The van der Waals surface area contributed by atoms with Crippen molar-refractivity contribution in [1.82, 2.24) is 9.97 Å². The number of nitrogens with one attached hydrogen (secondary N) is 1. The predicted octanol–water partition coefficient (Wildman–Crippen LogP) is 3.34. The van der Waals surface area contributed by atoms with Crippen molar-refractivity contribution < 1.29 is 18.3 Å². The lowest BCUT2D eigenvalue weighted by atomic mass is 9.85. The first kappa shape index (κ1) is 21.0. The lowest BCUT2D eigenvalue weighted by molar-refractivity contribution is 0.102. The van der Waals surface area contributed by atoms with E-state index in [2.05, 4.69) is 20.3 Å².